The molecule has 29 heavy (non-hydrogen) atoms. The van der Waals surface area contributed by atoms with Gasteiger partial charge in [-0.05, 0) is 60.1 Å². The topological polar surface area (TPSA) is 55.2 Å². The summed E-state index contributed by atoms with van der Waals surface area (Å²) in [7, 11) is 0. The van der Waals surface area contributed by atoms with E-state index in [0.29, 0.717) is 17.2 Å². The van der Waals surface area contributed by atoms with Gasteiger partial charge in [0.15, 0.2) is 5.82 Å². The van der Waals surface area contributed by atoms with Crippen LogP contribution in [0.4, 0.5) is 0 Å². The third kappa shape index (κ3) is 4.33. The number of nitrogens with one attached hydrogen (secondary N) is 1. The molecule has 0 saturated heterocycles. The predicted octanol–water partition coefficient (Wildman–Crippen LogP) is 5.56. The van der Waals surface area contributed by atoms with Crippen molar-refractivity contribution in [1.29, 1.82) is 0 Å². The number of aromatic amines is 1. The van der Waals surface area contributed by atoms with E-state index in [2.05, 4.69) is 39.6 Å². The van der Waals surface area contributed by atoms with Crippen LogP contribution in [0, 0.1) is 4.77 Å². The van der Waals surface area contributed by atoms with Crippen LogP contribution in [0.25, 0.3) is 22.5 Å². The maximum absolute atomic E-state index is 5.49. The fourth-order valence-electron chi connectivity index (χ4n) is 2.97. The summed E-state index contributed by atoms with van der Waals surface area (Å²) in [6.07, 6.45) is 1.78. The van der Waals surface area contributed by atoms with Crippen molar-refractivity contribution in [1.82, 2.24) is 14.9 Å². The summed E-state index contributed by atoms with van der Waals surface area (Å²) < 4.78 is 7.55. The van der Waals surface area contributed by atoms with Crippen molar-refractivity contribution in [3.63, 3.8) is 0 Å². The summed E-state index contributed by atoms with van der Waals surface area (Å²) in [6.45, 7) is 2.59. The standard InChI is InChI=1S/C23H20N4OS/c1-2-28-21-14-12-20(13-15-21)22-25-26-23(29)27(22)24-16-17-8-10-19(11-9-17)18-6-4-3-5-7-18/h3-16H,2H2,1H3,(H,26,29)/b24-16+. The first-order chi connectivity index (χ1) is 14.2. The summed E-state index contributed by atoms with van der Waals surface area (Å²) >= 11 is 5.35. The summed E-state index contributed by atoms with van der Waals surface area (Å²) in [4.78, 5) is 0. The highest BCUT2D eigenvalue weighted by molar-refractivity contribution is 7.71. The Morgan fingerprint density at radius 3 is 2.28 bits per heavy atom. The lowest BCUT2D eigenvalue weighted by atomic mass is 10.0. The number of rotatable bonds is 6. The highest BCUT2D eigenvalue weighted by atomic mass is 32.1. The molecule has 0 bridgehead atoms. The molecule has 0 unspecified atom stereocenters. The number of hydrogen-bond donors (Lipinski definition) is 1. The quantitative estimate of drug-likeness (QED) is 0.341. The van der Waals surface area contributed by atoms with Crippen LogP contribution in [0.5, 0.6) is 5.75 Å². The highest BCUT2D eigenvalue weighted by Gasteiger charge is 2.08. The Balaban J connectivity index is 1.57. The second kappa shape index (κ2) is 8.67. The van der Waals surface area contributed by atoms with Crippen molar-refractivity contribution in [2.24, 2.45) is 5.10 Å². The van der Waals surface area contributed by atoms with Crippen molar-refractivity contribution >= 4 is 18.4 Å². The monoisotopic (exact) mass is 400 g/mol. The number of hydrogen-bond acceptors (Lipinski definition) is 4. The van der Waals surface area contributed by atoms with Gasteiger partial charge in [0.25, 0.3) is 0 Å². The van der Waals surface area contributed by atoms with Crippen molar-refractivity contribution in [3.8, 4) is 28.3 Å². The second-order valence-corrected chi connectivity index (χ2v) is 6.74. The Morgan fingerprint density at radius 1 is 0.931 bits per heavy atom. The van der Waals surface area contributed by atoms with Gasteiger partial charge in [-0.15, -0.1) is 0 Å². The van der Waals surface area contributed by atoms with E-state index in [1.807, 2.05) is 61.5 Å². The molecule has 1 heterocycles. The highest BCUT2D eigenvalue weighted by Crippen LogP contribution is 2.22. The van der Waals surface area contributed by atoms with Crippen molar-refractivity contribution < 1.29 is 4.74 Å². The first-order valence-corrected chi connectivity index (χ1v) is 9.76. The molecule has 1 aromatic heterocycles. The molecule has 0 spiro atoms. The Kier molecular flexibility index (Phi) is 5.63. The van der Waals surface area contributed by atoms with Gasteiger partial charge in [0.1, 0.15) is 5.75 Å². The van der Waals surface area contributed by atoms with Crippen LogP contribution in [0.2, 0.25) is 0 Å². The summed E-state index contributed by atoms with van der Waals surface area (Å²) in [5.41, 5.74) is 4.23. The fourth-order valence-corrected chi connectivity index (χ4v) is 3.15. The summed E-state index contributed by atoms with van der Waals surface area (Å²) in [5, 5.41) is 11.7. The van der Waals surface area contributed by atoms with E-state index in [1.165, 1.54) is 5.56 Å². The summed E-state index contributed by atoms with van der Waals surface area (Å²) in [5.74, 6) is 1.47. The summed E-state index contributed by atoms with van der Waals surface area (Å²) in [6, 6.07) is 26.2. The van der Waals surface area contributed by atoms with E-state index in [9.17, 15) is 0 Å². The molecule has 4 aromatic rings. The maximum Gasteiger partial charge on any atom is 0.216 e. The average molecular weight is 401 g/mol. The Labute approximate surface area is 174 Å². The van der Waals surface area contributed by atoms with Gasteiger partial charge >= 0.3 is 0 Å². The maximum atomic E-state index is 5.49. The third-order valence-corrected chi connectivity index (χ3v) is 4.68. The lowest BCUT2D eigenvalue weighted by Gasteiger charge is -2.05. The molecule has 0 fully saturated rings. The van der Waals surface area contributed by atoms with E-state index in [-0.39, 0.29) is 0 Å². The molecule has 3 aromatic carbocycles. The molecule has 1 N–H and O–H groups in total. The van der Waals surface area contributed by atoms with Crippen LogP contribution < -0.4 is 4.74 Å². The second-order valence-electron chi connectivity index (χ2n) is 6.35. The molecule has 0 radical (unpaired) electrons. The molecule has 0 aliphatic rings. The molecular weight excluding hydrogens is 380 g/mol. The van der Waals surface area contributed by atoms with E-state index in [4.69, 9.17) is 17.0 Å². The van der Waals surface area contributed by atoms with E-state index in [1.54, 1.807) is 10.9 Å². The zero-order valence-corrected chi connectivity index (χ0v) is 16.8. The van der Waals surface area contributed by atoms with Gasteiger partial charge in [0.05, 0.1) is 12.8 Å². The molecule has 0 aliphatic carbocycles. The zero-order chi connectivity index (χ0) is 20.1. The average Bonchev–Trinajstić information content (AvgIpc) is 3.14. The molecule has 0 atom stereocenters. The van der Waals surface area contributed by atoms with Gasteiger partial charge in [-0.3, -0.25) is 0 Å². The fraction of sp³-hybridized carbons (Fsp3) is 0.0870. The number of benzene rings is 3. The van der Waals surface area contributed by atoms with Gasteiger partial charge in [0.2, 0.25) is 4.77 Å². The van der Waals surface area contributed by atoms with Crippen molar-refractivity contribution in [2.45, 2.75) is 6.92 Å². The number of H-pyrrole nitrogens is 1. The SMILES string of the molecule is CCOc1ccc(-c2n[nH]c(=S)n2/N=C/c2ccc(-c3ccccc3)cc2)cc1. The van der Waals surface area contributed by atoms with Crippen LogP contribution in [-0.4, -0.2) is 27.7 Å². The van der Waals surface area contributed by atoms with E-state index >= 15 is 0 Å². The first-order valence-electron chi connectivity index (χ1n) is 9.35. The Morgan fingerprint density at radius 2 is 1.59 bits per heavy atom. The normalized spacial score (nSPS) is 11.1. The number of ether oxygens (including phenoxy) is 1. The van der Waals surface area contributed by atoms with Crippen LogP contribution in [-0.2, 0) is 0 Å². The van der Waals surface area contributed by atoms with Gasteiger partial charge < -0.3 is 4.74 Å². The van der Waals surface area contributed by atoms with E-state index < -0.39 is 0 Å². The Hall–Kier alpha value is -3.51. The van der Waals surface area contributed by atoms with Crippen molar-refractivity contribution in [2.75, 3.05) is 6.61 Å². The largest absolute Gasteiger partial charge is 0.494 e. The molecule has 144 valence electrons. The third-order valence-electron chi connectivity index (χ3n) is 4.41. The smallest absolute Gasteiger partial charge is 0.216 e. The molecule has 0 saturated carbocycles. The minimum atomic E-state index is 0.436. The van der Waals surface area contributed by atoms with Gasteiger partial charge in [-0.25, -0.2) is 5.10 Å². The molecule has 5 nitrogen and oxygen atoms in total. The van der Waals surface area contributed by atoms with Crippen molar-refractivity contribution in [3.05, 3.63) is 89.2 Å². The molecule has 0 aliphatic heterocycles. The molecule has 0 amide bonds. The minimum absolute atomic E-state index is 0.436. The zero-order valence-electron chi connectivity index (χ0n) is 15.9. The van der Waals surface area contributed by atoms with Gasteiger partial charge in [0, 0.05) is 5.56 Å². The van der Waals surface area contributed by atoms with Crippen LogP contribution in [0.15, 0.2) is 84.0 Å². The van der Waals surface area contributed by atoms with Gasteiger partial charge in [-0.1, -0.05) is 54.6 Å². The molecule has 4 rings (SSSR count). The number of aromatic nitrogens is 3. The lowest BCUT2D eigenvalue weighted by Crippen LogP contribution is -1.96. The van der Waals surface area contributed by atoms with E-state index in [0.717, 1.165) is 22.4 Å². The van der Waals surface area contributed by atoms with Crippen LogP contribution in [0.1, 0.15) is 12.5 Å². The first kappa shape index (κ1) is 18.8. The predicted molar refractivity (Wildman–Crippen MR) is 119 cm³/mol. The Bertz CT molecular complexity index is 1160. The van der Waals surface area contributed by atoms with Crippen LogP contribution in [0.3, 0.4) is 0 Å². The molecule has 6 heteroatoms. The van der Waals surface area contributed by atoms with Gasteiger partial charge in [-0.2, -0.15) is 14.9 Å². The van der Waals surface area contributed by atoms with Crippen LogP contribution >= 0.6 is 12.2 Å². The number of nitrogens with zero attached hydrogens (tertiary/aromatic N) is 3. The minimum Gasteiger partial charge on any atom is -0.494 e. The lowest BCUT2D eigenvalue weighted by molar-refractivity contribution is 0.340. The molecular formula is C23H20N4OS.